The molecule has 0 radical (unpaired) electrons. The van der Waals surface area contributed by atoms with E-state index in [1.807, 2.05) is 18.2 Å². The van der Waals surface area contributed by atoms with Crippen LogP contribution >= 0.6 is 7.92 Å². The molecule has 0 unspecified atom stereocenters. The number of ketones is 1. The lowest BCUT2D eigenvalue weighted by atomic mass is 10.00. The summed E-state index contributed by atoms with van der Waals surface area (Å²) in [4.78, 5) is 12.6. The van der Waals surface area contributed by atoms with Crippen LogP contribution in [-0.2, 0) is 4.79 Å². The zero-order chi connectivity index (χ0) is 18.8. The minimum absolute atomic E-state index is 0.0271. The van der Waals surface area contributed by atoms with Crippen LogP contribution in [-0.4, -0.2) is 5.78 Å². The summed E-state index contributed by atoms with van der Waals surface area (Å²) < 4.78 is 26.9. The van der Waals surface area contributed by atoms with Gasteiger partial charge in [0.15, 0.2) is 0 Å². The number of carbonyl (C=O) groups excluding carboxylic acids is 1. The Balaban J connectivity index is 1.82. The average molecular weight is 380 g/mol. The van der Waals surface area contributed by atoms with Crippen LogP contribution in [0, 0.1) is 11.6 Å². The van der Waals surface area contributed by atoms with Crippen molar-refractivity contribution < 1.29 is 13.6 Å². The quantitative estimate of drug-likeness (QED) is 0.516. The molecule has 0 aromatic heterocycles. The largest absolute Gasteiger partial charge is 0.300 e. The minimum atomic E-state index is -0.758. The Kier molecular flexibility index (Phi) is 5.13. The third kappa shape index (κ3) is 3.84. The van der Waals surface area contributed by atoms with Crippen molar-refractivity contribution in [2.75, 3.05) is 0 Å². The van der Waals surface area contributed by atoms with E-state index in [-0.39, 0.29) is 28.7 Å². The molecule has 1 nitrogen and oxygen atoms in total. The maximum absolute atomic E-state index is 13.4. The molecule has 0 spiro atoms. The predicted octanol–water partition coefficient (Wildman–Crippen LogP) is 5.92. The van der Waals surface area contributed by atoms with Gasteiger partial charge in [0.2, 0.25) is 0 Å². The first-order valence-corrected chi connectivity index (χ1v) is 10.5. The van der Waals surface area contributed by atoms with Gasteiger partial charge in [-0.25, -0.2) is 8.78 Å². The van der Waals surface area contributed by atoms with Crippen LogP contribution in [0.1, 0.15) is 35.3 Å². The molecule has 3 aromatic carbocycles. The Labute approximate surface area is 158 Å². The highest BCUT2D eigenvalue weighted by Crippen LogP contribution is 2.66. The molecule has 0 amide bonds. The summed E-state index contributed by atoms with van der Waals surface area (Å²) in [7, 11) is -0.758. The van der Waals surface area contributed by atoms with E-state index < -0.39 is 7.92 Å². The van der Waals surface area contributed by atoms with Gasteiger partial charge in [0.1, 0.15) is 17.4 Å². The summed E-state index contributed by atoms with van der Waals surface area (Å²) in [6.07, 6.45) is 0.924. The number of halogens is 2. The second-order valence-corrected chi connectivity index (χ2v) is 9.40. The minimum Gasteiger partial charge on any atom is -0.300 e. The summed E-state index contributed by atoms with van der Waals surface area (Å²) >= 11 is 0. The smallest absolute Gasteiger partial charge is 0.134 e. The SMILES string of the molecule is O=C1C[C@H](c2ccc(F)cc2)P(c2ccccc2)[C@@H](c2ccc(F)cc2)C1. The zero-order valence-electron chi connectivity index (χ0n) is 14.7. The second-order valence-electron chi connectivity index (χ2n) is 6.82. The molecule has 1 fully saturated rings. The monoisotopic (exact) mass is 380 g/mol. The van der Waals surface area contributed by atoms with Gasteiger partial charge in [-0.2, -0.15) is 0 Å². The van der Waals surface area contributed by atoms with E-state index in [1.165, 1.54) is 29.6 Å². The van der Waals surface area contributed by atoms with Crippen LogP contribution in [0.3, 0.4) is 0 Å². The van der Waals surface area contributed by atoms with Gasteiger partial charge in [-0.15, -0.1) is 0 Å². The Morgan fingerprint density at radius 1 is 0.667 bits per heavy atom. The van der Waals surface area contributed by atoms with Gasteiger partial charge in [-0.1, -0.05) is 62.5 Å². The molecule has 3 aromatic rings. The van der Waals surface area contributed by atoms with Gasteiger partial charge >= 0.3 is 0 Å². The first-order valence-electron chi connectivity index (χ1n) is 8.98. The fourth-order valence-corrected chi connectivity index (χ4v) is 7.27. The fourth-order valence-electron chi connectivity index (χ4n) is 3.82. The van der Waals surface area contributed by atoms with Gasteiger partial charge in [0, 0.05) is 24.2 Å². The number of hydrogen-bond acceptors (Lipinski definition) is 1. The molecule has 4 heteroatoms. The number of benzene rings is 3. The Morgan fingerprint density at radius 3 is 1.56 bits per heavy atom. The topological polar surface area (TPSA) is 17.1 Å². The summed E-state index contributed by atoms with van der Waals surface area (Å²) in [5.41, 5.74) is 2.04. The highest BCUT2D eigenvalue weighted by Gasteiger charge is 2.39. The molecular formula is C23H19F2OP. The lowest BCUT2D eigenvalue weighted by Crippen LogP contribution is -2.23. The van der Waals surface area contributed by atoms with E-state index in [2.05, 4.69) is 12.1 Å². The van der Waals surface area contributed by atoms with Crippen LogP contribution in [0.5, 0.6) is 0 Å². The summed E-state index contributed by atoms with van der Waals surface area (Å²) in [5, 5.41) is 1.21. The lowest BCUT2D eigenvalue weighted by Gasteiger charge is -2.39. The van der Waals surface area contributed by atoms with Crippen molar-refractivity contribution >= 4 is 19.0 Å². The van der Waals surface area contributed by atoms with Crippen LogP contribution in [0.4, 0.5) is 8.78 Å². The molecule has 0 aliphatic carbocycles. The van der Waals surface area contributed by atoms with Crippen LogP contribution in [0.2, 0.25) is 0 Å². The number of Topliss-reactive ketones (excluding diaryl/α,β-unsaturated/α-hetero) is 1. The molecule has 1 aliphatic rings. The molecule has 0 saturated carbocycles. The number of hydrogen-bond donors (Lipinski definition) is 0. The maximum atomic E-state index is 13.4. The third-order valence-electron chi connectivity index (χ3n) is 5.08. The van der Waals surface area contributed by atoms with Crippen molar-refractivity contribution in [3.63, 3.8) is 0 Å². The van der Waals surface area contributed by atoms with Crippen molar-refractivity contribution in [1.82, 2.24) is 0 Å². The molecule has 0 bridgehead atoms. The lowest BCUT2D eigenvalue weighted by molar-refractivity contribution is -0.119. The molecule has 4 rings (SSSR count). The maximum Gasteiger partial charge on any atom is 0.134 e. The molecular weight excluding hydrogens is 361 g/mol. The summed E-state index contributed by atoms with van der Waals surface area (Å²) in [5.74, 6) is -0.353. The van der Waals surface area contributed by atoms with Gasteiger partial charge in [0.25, 0.3) is 0 Å². The van der Waals surface area contributed by atoms with Crippen molar-refractivity contribution in [3.8, 4) is 0 Å². The van der Waals surface area contributed by atoms with Gasteiger partial charge in [-0.05, 0) is 40.7 Å². The highest BCUT2D eigenvalue weighted by molar-refractivity contribution is 7.66. The summed E-state index contributed by atoms with van der Waals surface area (Å²) in [6, 6.07) is 23.2. The molecule has 1 heterocycles. The normalized spacial score (nSPS) is 20.6. The van der Waals surface area contributed by atoms with E-state index in [9.17, 15) is 13.6 Å². The number of rotatable bonds is 3. The number of carbonyl (C=O) groups is 1. The molecule has 1 saturated heterocycles. The fraction of sp³-hybridized carbons (Fsp3) is 0.174. The van der Waals surface area contributed by atoms with Crippen molar-refractivity contribution in [2.45, 2.75) is 24.2 Å². The molecule has 0 N–H and O–H groups in total. The standard InChI is InChI=1S/C23H19F2OP/c24-18-10-6-16(7-11-18)22-14-20(26)15-23(17-8-12-19(25)13-9-17)27(22)21-4-2-1-3-5-21/h1-13,22-23H,14-15H2/t22-,23-/m1/s1. The summed E-state index contributed by atoms with van der Waals surface area (Å²) in [6.45, 7) is 0. The van der Waals surface area contributed by atoms with Gasteiger partial charge < -0.3 is 0 Å². The zero-order valence-corrected chi connectivity index (χ0v) is 15.6. The third-order valence-corrected chi connectivity index (χ3v) is 8.28. The molecule has 27 heavy (non-hydrogen) atoms. The first-order chi connectivity index (χ1) is 13.1. The van der Waals surface area contributed by atoms with Crippen molar-refractivity contribution in [1.29, 1.82) is 0 Å². The Hall–Kier alpha value is -2.38. The predicted molar refractivity (Wildman–Crippen MR) is 106 cm³/mol. The van der Waals surface area contributed by atoms with Crippen molar-refractivity contribution in [2.24, 2.45) is 0 Å². The van der Waals surface area contributed by atoms with Crippen molar-refractivity contribution in [3.05, 3.63) is 102 Å². The van der Waals surface area contributed by atoms with E-state index in [0.29, 0.717) is 12.8 Å². The van der Waals surface area contributed by atoms with Crippen LogP contribution in [0.25, 0.3) is 0 Å². The second kappa shape index (κ2) is 7.70. The van der Waals surface area contributed by atoms with E-state index in [1.54, 1.807) is 24.3 Å². The van der Waals surface area contributed by atoms with Crippen LogP contribution in [0.15, 0.2) is 78.9 Å². The van der Waals surface area contributed by atoms with E-state index in [4.69, 9.17) is 0 Å². The Bertz CT molecular complexity index is 865. The Morgan fingerprint density at radius 2 is 1.11 bits per heavy atom. The average Bonchev–Trinajstić information content (AvgIpc) is 2.69. The molecule has 136 valence electrons. The first kappa shape index (κ1) is 18.0. The van der Waals surface area contributed by atoms with E-state index in [0.717, 1.165) is 11.1 Å². The molecule has 2 atom stereocenters. The van der Waals surface area contributed by atoms with Gasteiger partial charge in [-0.3, -0.25) is 4.79 Å². The van der Waals surface area contributed by atoms with E-state index >= 15 is 0 Å². The van der Waals surface area contributed by atoms with Gasteiger partial charge in [0.05, 0.1) is 0 Å². The highest BCUT2D eigenvalue weighted by atomic mass is 31.1. The van der Waals surface area contributed by atoms with Crippen LogP contribution < -0.4 is 5.30 Å². The molecule has 1 aliphatic heterocycles.